The molecule has 3 aromatic carbocycles. The molecule has 3 aromatic rings. The number of unbranched alkanes of at least 4 members (excludes halogenated alkanes) is 2. The molecule has 1 amide bonds. The Morgan fingerprint density at radius 3 is 2.49 bits per heavy atom. The van der Waals surface area contributed by atoms with E-state index in [0.717, 1.165) is 67.8 Å². The van der Waals surface area contributed by atoms with Crippen molar-refractivity contribution in [3.8, 4) is 11.5 Å². The van der Waals surface area contributed by atoms with E-state index < -0.39 is 23.8 Å². The first-order chi connectivity index (χ1) is 30.9. The minimum absolute atomic E-state index is 0.0113. The van der Waals surface area contributed by atoms with Gasteiger partial charge >= 0.3 is 6.09 Å². The highest BCUT2D eigenvalue weighted by molar-refractivity contribution is 6.03. The molecule has 13 heteroatoms. The van der Waals surface area contributed by atoms with E-state index in [1.807, 2.05) is 49.4 Å². The highest BCUT2D eigenvalue weighted by Gasteiger charge is 2.65. The molecule has 2 fully saturated rings. The van der Waals surface area contributed by atoms with Crippen molar-refractivity contribution in [2.24, 2.45) is 22.9 Å². The Morgan fingerprint density at radius 2 is 1.76 bits per heavy atom. The Kier molecular flexibility index (Phi) is 16.7. The number of allylic oxidation sites excluding steroid dienone is 1. The topological polar surface area (TPSA) is 132 Å². The predicted molar refractivity (Wildman–Crippen MR) is 238 cm³/mol. The summed E-state index contributed by atoms with van der Waals surface area (Å²) < 4.78 is 47.1. The van der Waals surface area contributed by atoms with Crippen LogP contribution in [-0.2, 0) is 32.2 Å². The molecule has 1 saturated heterocycles. The molecule has 2 aliphatic carbocycles. The molecule has 63 heavy (non-hydrogen) atoms. The highest BCUT2D eigenvalue weighted by atomic mass is 19.1. The van der Waals surface area contributed by atoms with E-state index in [2.05, 4.69) is 23.6 Å². The van der Waals surface area contributed by atoms with Crippen LogP contribution >= 0.6 is 0 Å². The lowest BCUT2D eigenvalue weighted by Gasteiger charge is -2.59. The number of carbonyl (C=O) groups is 1. The van der Waals surface area contributed by atoms with Crippen molar-refractivity contribution in [2.45, 2.75) is 82.8 Å². The van der Waals surface area contributed by atoms with Gasteiger partial charge in [-0.15, -0.1) is 6.58 Å². The van der Waals surface area contributed by atoms with Gasteiger partial charge in [-0.2, -0.15) is 0 Å². The number of rotatable bonds is 25. The number of aliphatic hydroxyl groups is 2. The molecule has 1 saturated carbocycles. The van der Waals surface area contributed by atoms with Gasteiger partial charge < -0.3 is 38.7 Å². The van der Waals surface area contributed by atoms with Crippen LogP contribution in [0.15, 0.2) is 102 Å². The van der Waals surface area contributed by atoms with Gasteiger partial charge in [0.05, 0.1) is 31.5 Å². The van der Waals surface area contributed by atoms with Crippen LogP contribution in [0.3, 0.4) is 0 Å². The van der Waals surface area contributed by atoms with Crippen molar-refractivity contribution in [1.29, 1.82) is 0 Å². The third-order valence-electron chi connectivity index (χ3n) is 12.6. The number of hydrogen-bond donors (Lipinski definition) is 2. The number of halogens is 1. The molecule has 7 rings (SSSR count). The minimum Gasteiger partial charge on any atom is -0.492 e. The van der Waals surface area contributed by atoms with Crippen molar-refractivity contribution in [3.05, 3.63) is 120 Å². The summed E-state index contributed by atoms with van der Waals surface area (Å²) in [7, 11) is 0. The zero-order valence-corrected chi connectivity index (χ0v) is 36.6. The second-order valence-electron chi connectivity index (χ2n) is 16.8. The molecule has 12 nitrogen and oxygen atoms in total. The molecule has 0 aromatic heterocycles. The first-order valence-corrected chi connectivity index (χ1v) is 22.7. The molecule has 340 valence electrons. The number of nitrogens with zero attached hydrogens (tertiary/aromatic N) is 3. The van der Waals surface area contributed by atoms with E-state index in [9.17, 15) is 19.4 Å². The normalized spacial score (nSPS) is 24.1. The van der Waals surface area contributed by atoms with Crippen molar-refractivity contribution in [1.82, 2.24) is 9.80 Å². The molecule has 4 aliphatic rings. The van der Waals surface area contributed by atoms with Crippen LogP contribution in [0.2, 0.25) is 0 Å². The van der Waals surface area contributed by atoms with Crippen molar-refractivity contribution in [3.63, 3.8) is 0 Å². The monoisotopic (exact) mass is 869 g/mol. The molecule has 2 N–H and O–H groups in total. The number of amides is 1. The molecular formula is C50H64FN3O9. The maximum atomic E-state index is 14.8. The van der Waals surface area contributed by atoms with Crippen LogP contribution in [0.25, 0.3) is 0 Å². The molecule has 0 radical (unpaired) electrons. The van der Waals surface area contributed by atoms with Gasteiger partial charge in [-0.3, -0.25) is 9.80 Å². The van der Waals surface area contributed by atoms with E-state index in [1.54, 1.807) is 23.1 Å². The Hall–Kier alpha value is -4.79. The number of hydrogen-bond acceptors (Lipinski definition) is 11. The predicted octanol–water partition coefficient (Wildman–Crippen LogP) is 8.03. The van der Waals surface area contributed by atoms with Crippen LogP contribution in [0.5, 0.6) is 11.5 Å². The van der Waals surface area contributed by atoms with Gasteiger partial charge in [0.15, 0.2) is 0 Å². The fourth-order valence-corrected chi connectivity index (χ4v) is 9.59. The maximum Gasteiger partial charge on any atom is 0.410 e. The van der Waals surface area contributed by atoms with Crippen LogP contribution in [-0.4, -0.2) is 110 Å². The Morgan fingerprint density at radius 1 is 0.984 bits per heavy atom. The van der Waals surface area contributed by atoms with Crippen LogP contribution < -0.4 is 9.47 Å². The number of aliphatic hydroxyl groups excluding tert-OH is 2. The first kappa shape index (κ1) is 46.2. The number of oxime groups is 1. The van der Waals surface area contributed by atoms with Gasteiger partial charge in [-0.1, -0.05) is 72.6 Å². The minimum atomic E-state index is -1.49. The van der Waals surface area contributed by atoms with Crippen molar-refractivity contribution >= 4 is 11.8 Å². The van der Waals surface area contributed by atoms with Gasteiger partial charge in [0, 0.05) is 57.3 Å². The summed E-state index contributed by atoms with van der Waals surface area (Å²) in [5.74, 6) is -1.08. The highest BCUT2D eigenvalue weighted by Crippen LogP contribution is 2.62. The zero-order valence-electron chi connectivity index (χ0n) is 36.6. The lowest BCUT2D eigenvalue weighted by molar-refractivity contribution is -0.256. The second-order valence-corrected chi connectivity index (χ2v) is 16.8. The third kappa shape index (κ3) is 11.5. The lowest BCUT2D eigenvalue weighted by atomic mass is 9.55. The average Bonchev–Trinajstić information content (AvgIpc) is 4.13. The average molecular weight is 870 g/mol. The SMILES string of the molecule is C=CCO[C@@]12Oc3ccc(OCCN4CC4)cc3[C@H]3[C@H](CCCCO)[C@@H](CCCCO)C=C(C(=NOCC)C[C@@H]1N(Cc1ccc(F)cc1)C(=O)OCCOCc1ccccc1)[C@H]32. The summed E-state index contributed by atoms with van der Waals surface area (Å²) >= 11 is 0. The number of benzene rings is 3. The second kappa shape index (κ2) is 22.7. The van der Waals surface area contributed by atoms with Crippen LogP contribution in [0, 0.1) is 23.6 Å². The van der Waals surface area contributed by atoms with E-state index in [1.165, 1.54) is 12.1 Å². The van der Waals surface area contributed by atoms with Gasteiger partial charge in [-0.05, 0) is 91.5 Å². The summed E-state index contributed by atoms with van der Waals surface area (Å²) in [5, 5.41) is 24.6. The Bertz CT molecular complexity index is 1990. The van der Waals surface area contributed by atoms with Crippen LogP contribution in [0.4, 0.5) is 9.18 Å². The van der Waals surface area contributed by atoms with E-state index in [-0.39, 0.29) is 69.6 Å². The summed E-state index contributed by atoms with van der Waals surface area (Å²) in [6, 6.07) is 21.0. The molecule has 0 bridgehead atoms. The molecule has 2 heterocycles. The van der Waals surface area contributed by atoms with E-state index >= 15 is 0 Å². The summed E-state index contributed by atoms with van der Waals surface area (Å²) in [6.45, 7) is 10.7. The molecule has 2 aliphatic heterocycles. The fraction of sp³-hybridized carbons (Fsp3) is 0.520. The third-order valence-corrected chi connectivity index (χ3v) is 12.6. The van der Waals surface area contributed by atoms with E-state index in [0.29, 0.717) is 49.7 Å². The smallest absolute Gasteiger partial charge is 0.410 e. The zero-order chi connectivity index (χ0) is 44.0. The summed E-state index contributed by atoms with van der Waals surface area (Å²) in [6.07, 6.45) is 8.17. The Balaban J connectivity index is 1.34. The lowest BCUT2D eigenvalue weighted by Crippen LogP contribution is -2.70. The van der Waals surface area contributed by atoms with Gasteiger partial charge in [-0.25, -0.2) is 9.18 Å². The van der Waals surface area contributed by atoms with Crippen molar-refractivity contribution < 1.29 is 47.9 Å². The van der Waals surface area contributed by atoms with Gasteiger partial charge in [0.25, 0.3) is 0 Å². The molecular weight excluding hydrogens is 806 g/mol. The molecule has 6 atom stereocenters. The molecule has 0 spiro atoms. The van der Waals surface area contributed by atoms with Crippen molar-refractivity contribution in [2.75, 3.05) is 65.9 Å². The molecule has 0 unspecified atom stereocenters. The maximum absolute atomic E-state index is 14.8. The quantitative estimate of drug-likeness (QED) is 0.0374. The van der Waals surface area contributed by atoms with Gasteiger partial charge in [0.1, 0.15) is 43.2 Å². The summed E-state index contributed by atoms with van der Waals surface area (Å²) in [5.41, 5.74) is 4.28. The Labute approximate surface area is 371 Å². The van der Waals surface area contributed by atoms with E-state index in [4.69, 9.17) is 33.7 Å². The summed E-state index contributed by atoms with van der Waals surface area (Å²) in [4.78, 5) is 24.6. The van der Waals surface area contributed by atoms with Gasteiger partial charge in [0.2, 0.25) is 5.79 Å². The number of carbonyl (C=O) groups excluding carboxylic acids is 1. The standard InChI is InChI=1S/C50H64FN3O9/c1-3-27-61-50-46(54(34-36-16-18-39(51)19-17-36)49(57)60-30-29-58-35-37-12-6-5-7-13-37)33-44(52-62-4-2)42-31-38(14-8-10-25-55)41(15-9-11-26-56)47(48(42)50)43-32-40(20-21-45(43)63-50)59-28-24-53-22-23-53/h3,5-7,12-13,16-21,31-32,38,41,46-48,55-56H,1,4,8-11,14-15,22-30,33-35H2,2H3/t38-,41+,46-,47+,48+,50+/m0/s1. The largest absolute Gasteiger partial charge is 0.492 e. The number of ether oxygens (including phenoxy) is 5. The first-order valence-electron chi connectivity index (χ1n) is 22.7. The fourth-order valence-electron chi connectivity index (χ4n) is 9.59. The van der Waals surface area contributed by atoms with Crippen LogP contribution in [0.1, 0.15) is 74.5 Å². The number of fused-ring (bicyclic) bond motifs is 2.